The molecule has 2 aromatic heterocycles. The lowest BCUT2D eigenvalue weighted by molar-refractivity contribution is -0.144. The molecule has 0 unspecified atom stereocenters. The number of nitrogens with one attached hydrogen (secondary N) is 1. The number of carbonyl (C=O) groups excluding carboxylic acids is 1. The summed E-state index contributed by atoms with van der Waals surface area (Å²) < 4.78 is 10.2. The quantitative estimate of drug-likeness (QED) is 0.832. The Morgan fingerprint density at radius 1 is 1.67 bits per heavy atom. The van der Waals surface area contributed by atoms with Crippen molar-refractivity contribution in [3.63, 3.8) is 0 Å². The minimum Gasteiger partial charge on any atom is -0.466 e. The van der Waals surface area contributed by atoms with Crippen molar-refractivity contribution in [3.05, 3.63) is 24.2 Å². The van der Waals surface area contributed by atoms with E-state index in [1.165, 1.54) is 0 Å². The second kappa shape index (κ2) is 4.29. The molecule has 1 N–H and O–H groups in total. The Labute approximate surface area is 103 Å². The van der Waals surface area contributed by atoms with Crippen LogP contribution in [0.25, 0.3) is 11.6 Å². The van der Waals surface area contributed by atoms with Crippen molar-refractivity contribution in [2.75, 3.05) is 6.61 Å². The molecular formula is C12H13N3O3. The van der Waals surface area contributed by atoms with Gasteiger partial charge in [0.25, 0.3) is 0 Å². The zero-order valence-electron chi connectivity index (χ0n) is 9.92. The second-order valence-electron chi connectivity index (χ2n) is 4.22. The Bertz CT molecular complexity index is 547. The molecule has 6 heteroatoms. The largest absolute Gasteiger partial charge is 0.466 e. The fourth-order valence-corrected chi connectivity index (χ4v) is 1.96. The molecule has 18 heavy (non-hydrogen) atoms. The molecule has 94 valence electrons. The Morgan fingerprint density at radius 3 is 3.28 bits per heavy atom. The summed E-state index contributed by atoms with van der Waals surface area (Å²) in [5.74, 6) is 1.72. The molecule has 1 aliphatic carbocycles. The summed E-state index contributed by atoms with van der Waals surface area (Å²) in [7, 11) is 0. The second-order valence-corrected chi connectivity index (χ2v) is 4.22. The van der Waals surface area contributed by atoms with Crippen molar-refractivity contribution in [2.24, 2.45) is 5.92 Å². The molecule has 6 nitrogen and oxygen atoms in total. The third-order valence-electron chi connectivity index (χ3n) is 2.98. The topological polar surface area (TPSA) is 81.0 Å². The van der Waals surface area contributed by atoms with E-state index in [0.717, 1.165) is 12.2 Å². The van der Waals surface area contributed by atoms with Gasteiger partial charge in [-0.2, -0.15) is 5.10 Å². The summed E-state index contributed by atoms with van der Waals surface area (Å²) in [6.45, 7) is 2.22. The standard InChI is InChI=1S/C12H13N3O3/c1-2-17-12(16)8-6-7(8)10-13-11(15-14-10)9-4-3-5-18-9/h3-5,7-8H,2,6H2,1H3,(H,13,14,15)/t7-,8-/m1/s1. The first-order valence-corrected chi connectivity index (χ1v) is 5.92. The molecule has 0 amide bonds. The highest BCUT2D eigenvalue weighted by Gasteiger charge is 2.47. The van der Waals surface area contributed by atoms with Gasteiger partial charge < -0.3 is 9.15 Å². The van der Waals surface area contributed by atoms with Crippen molar-refractivity contribution >= 4 is 5.97 Å². The van der Waals surface area contributed by atoms with Crippen LogP contribution in [0.2, 0.25) is 0 Å². The van der Waals surface area contributed by atoms with Crippen molar-refractivity contribution in [1.29, 1.82) is 0 Å². The first-order valence-electron chi connectivity index (χ1n) is 5.92. The molecule has 1 aliphatic rings. The number of esters is 1. The lowest BCUT2D eigenvalue weighted by Gasteiger charge is -1.98. The third kappa shape index (κ3) is 1.90. The van der Waals surface area contributed by atoms with E-state index in [4.69, 9.17) is 9.15 Å². The summed E-state index contributed by atoms with van der Waals surface area (Å²) in [5.41, 5.74) is 0. The Kier molecular flexibility index (Phi) is 2.62. The van der Waals surface area contributed by atoms with Gasteiger partial charge in [0.15, 0.2) is 5.76 Å². The van der Waals surface area contributed by atoms with Gasteiger partial charge in [-0.05, 0) is 25.5 Å². The van der Waals surface area contributed by atoms with Gasteiger partial charge in [0.1, 0.15) is 5.82 Å². The van der Waals surface area contributed by atoms with E-state index in [1.54, 1.807) is 25.3 Å². The van der Waals surface area contributed by atoms with E-state index in [-0.39, 0.29) is 17.8 Å². The molecule has 3 rings (SSSR count). The van der Waals surface area contributed by atoms with Crippen LogP contribution < -0.4 is 0 Å². The van der Waals surface area contributed by atoms with E-state index < -0.39 is 0 Å². The van der Waals surface area contributed by atoms with Crippen LogP contribution in [0.4, 0.5) is 0 Å². The molecule has 0 aliphatic heterocycles. The average molecular weight is 247 g/mol. The molecule has 2 atom stereocenters. The maximum atomic E-state index is 11.5. The van der Waals surface area contributed by atoms with Crippen LogP contribution in [-0.4, -0.2) is 27.8 Å². The van der Waals surface area contributed by atoms with Gasteiger partial charge in [0.2, 0.25) is 5.82 Å². The minimum absolute atomic E-state index is 0.0812. The smallest absolute Gasteiger partial charge is 0.309 e. The maximum absolute atomic E-state index is 11.5. The van der Waals surface area contributed by atoms with Gasteiger partial charge in [-0.15, -0.1) is 0 Å². The number of hydrogen-bond donors (Lipinski definition) is 1. The predicted octanol–water partition coefficient (Wildman–Crippen LogP) is 1.73. The average Bonchev–Trinajstić information content (AvgIpc) is 2.82. The van der Waals surface area contributed by atoms with E-state index >= 15 is 0 Å². The van der Waals surface area contributed by atoms with E-state index in [1.807, 2.05) is 0 Å². The van der Waals surface area contributed by atoms with Crippen molar-refractivity contribution in [2.45, 2.75) is 19.3 Å². The lowest BCUT2D eigenvalue weighted by Crippen LogP contribution is -2.07. The normalized spacial score (nSPS) is 21.8. The summed E-state index contributed by atoms with van der Waals surface area (Å²) >= 11 is 0. The first-order chi connectivity index (χ1) is 8.79. The molecule has 0 bridgehead atoms. The molecule has 0 aromatic carbocycles. The summed E-state index contributed by atoms with van der Waals surface area (Å²) in [4.78, 5) is 15.9. The molecule has 2 heterocycles. The molecule has 1 fully saturated rings. The van der Waals surface area contributed by atoms with Crippen LogP contribution in [0, 0.1) is 5.92 Å². The fourth-order valence-electron chi connectivity index (χ4n) is 1.96. The third-order valence-corrected chi connectivity index (χ3v) is 2.98. The van der Waals surface area contributed by atoms with Gasteiger partial charge >= 0.3 is 5.97 Å². The highest BCUT2D eigenvalue weighted by Crippen LogP contribution is 2.46. The number of aromatic amines is 1. The van der Waals surface area contributed by atoms with Crippen molar-refractivity contribution < 1.29 is 13.9 Å². The Hall–Kier alpha value is -2.11. The number of hydrogen-bond acceptors (Lipinski definition) is 5. The molecule has 2 aromatic rings. The van der Waals surface area contributed by atoms with Crippen LogP contribution in [0.15, 0.2) is 22.8 Å². The first kappa shape index (κ1) is 11.0. The zero-order valence-corrected chi connectivity index (χ0v) is 9.92. The van der Waals surface area contributed by atoms with Crippen molar-refractivity contribution in [1.82, 2.24) is 15.2 Å². The molecule has 0 saturated heterocycles. The minimum atomic E-state index is -0.154. The lowest BCUT2D eigenvalue weighted by atomic mass is 10.3. The number of furan rings is 1. The maximum Gasteiger partial charge on any atom is 0.309 e. The van der Waals surface area contributed by atoms with Gasteiger partial charge in [-0.25, -0.2) is 4.98 Å². The number of nitrogens with zero attached hydrogens (tertiary/aromatic N) is 2. The van der Waals surface area contributed by atoms with Gasteiger partial charge in [-0.3, -0.25) is 9.89 Å². The molecule has 1 saturated carbocycles. The molecular weight excluding hydrogens is 234 g/mol. The molecule has 0 spiro atoms. The highest BCUT2D eigenvalue weighted by atomic mass is 16.5. The number of ether oxygens (including phenoxy) is 1. The van der Waals surface area contributed by atoms with Crippen LogP contribution in [0.5, 0.6) is 0 Å². The SMILES string of the molecule is CCOC(=O)[C@@H]1C[C@H]1c1nc(-c2ccco2)n[nH]1. The highest BCUT2D eigenvalue weighted by molar-refractivity contribution is 5.77. The number of H-pyrrole nitrogens is 1. The van der Waals surface area contributed by atoms with Crippen LogP contribution in [0.1, 0.15) is 25.1 Å². The van der Waals surface area contributed by atoms with Gasteiger partial charge in [-0.1, -0.05) is 0 Å². The van der Waals surface area contributed by atoms with Gasteiger partial charge in [0, 0.05) is 5.92 Å². The number of rotatable bonds is 4. The Balaban J connectivity index is 1.71. The van der Waals surface area contributed by atoms with Crippen LogP contribution in [0.3, 0.4) is 0 Å². The number of carbonyl (C=O) groups is 1. The fraction of sp³-hybridized carbons (Fsp3) is 0.417. The van der Waals surface area contributed by atoms with Crippen LogP contribution in [-0.2, 0) is 9.53 Å². The van der Waals surface area contributed by atoms with Gasteiger partial charge in [0.05, 0.1) is 18.8 Å². The van der Waals surface area contributed by atoms with Crippen molar-refractivity contribution in [3.8, 4) is 11.6 Å². The van der Waals surface area contributed by atoms with E-state index in [2.05, 4.69) is 15.2 Å². The molecule has 0 radical (unpaired) electrons. The van der Waals surface area contributed by atoms with E-state index in [0.29, 0.717) is 18.2 Å². The van der Waals surface area contributed by atoms with Crippen LogP contribution >= 0.6 is 0 Å². The monoisotopic (exact) mass is 247 g/mol. The summed E-state index contributed by atoms with van der Waals surface area (Å²) in [6, 6.07) is 3.58. The summed E-state index contributed by atoms with van der Waals surface area (Å²) in [6.07, 6.45) is 2.34. The zero-order chi connectivity index (χ0) is 12.5. The number of aromatic nitrogens is 3. The van der Waals surface area contributed by atoms with E-state index in [9.17, 15) is 4.79 Å². The summed E-state index contributed by atoms with van der Waals surface area (Å²) in [5, 5.41) is 6.93. The Morgan fingerprint density at radius 2 is 2.56 bits per heavy atom. The predicted molar refractivity (Wildman–Crippen MR) is 61.6 cm³/mol.